The molecule has 0 aromatic heterocycles. The van der Waals surface area contributed by atoms with E-state index in [-0.39, 0.29) is 24.5 Å². The molecule has 0 bridgehead atoms. The van der Waals surface area contributed by atoms with Gasteiger partial charge in [0.2, 0.25) is 0 Å². The van der Waals surface area contributed by atoms with Gasteiger partial charge in [-0.05, 0) is 55.8 Å². The summed E-state index contributed by atoms with van der Waals surface area (Å²) in [5.41, 5.74) is 1.69. The molecule has 2 unspecified atom stereocenters. The molecule has 0 spiro atoms. The van der Waals surface area contributed by atoms with Gasteiger partial charge >= 0.3 is 0 Å². The molecule has 1 rings (SSSR count). The van der Waals surface area contributed by atoms with Crippen molar-refractivity contribution < 1.29 is 15.3 Å². The molecular formula is C23H41NO3. The molecule has 4 heteroatoms. The number of nitrogens with one attached hydrogen (secondary N) is 1. The third-order valence-electron chi connectivity index (χ3n) is 5.11. The molecule has 0 radical (unpaired) electrons. The number of aliphatic hydroxyl groups excluding tert-OH is 2. The van der Waals surface area contributed by atoms with Crippen LogP contribution in [0.5, 0.6) is 5.75 Å². The van der Waals surface area contributed by atoms with Crippen LogP contribution >= 0.6 is 0 Å². The monoisotopic (exact) mass is 379 g/mol. The van der Waals surface area contributed by atoms with Crippen molar-refractivity contribution in [2.75, 3.05) is 6.54 Å². The lowest BCUT2D eigenvalue weighted by molar-refractivity contribution is 0.134. The second-order valence-corrected chi connectivity index (χ2v) is 8.25. The van der Waals surface area contributed by atoms with Crippen LogP contribution in [0.1, 0.15) is 83.3 Å². The highest BCUT2D eigenvalue weighted by Crippen LogP contribution is 2.20. The maximum absolute atomic E-state index is 10.5. The zero-order valence-corrected chi connectivity index (χ0v) is 17.6. The summed E-state index contributed by atoms with van der Waals surface area (Å²) >= 11 is 0. The predicted molar refractivity (Wildman–Crippen MR) is 113 cm³/mol. The Balaban J connectivity index is 2.50. The Morgan fingerprint density at radius 3 is 2.44 bits per heavy atom. The average Bonchev–Trinajstić information content (AvgIpc) is 2.64. The van der Waals surface area contributed by atoms with Crippen LogP contribution in [-0.4, -0.2) is 34.0 Å². The number of aromatic hydroxyl groups is 1. The molecule has 0 aliphatic rings. The van der Waals surface area contributed by atoms with Gasteiger partial charge in [0, 0.05) is 11.6 Å². The molecule has 0 aliphatic carbocycles. The topological polar surface area (TPSA) is 72.7 Å². The highest BCUT2D eigenvalue weighted by Gasteiger charge is 2.15. The molecule has 0 aliphatic heterocycles. The number of benzene rings is 1. The third kappa shape index (κ3) is 10.7. The predicted octanol–water partition coefficient (Wildman–Crippen LogP) is 4.54. The normalized spacial score (nSPS) is 13.9. The fraction of sp³-hybridized carbons (Fsp3) is 0.739. The summed E-state index contributed by atoms with van der Waals surface area (Å²) in [6.45, 7) is 7.41. The van der Waals surface area contributed by atoms with Gasteiger partial charge in [-0.2, -0.15) is 0 Å². The molecule has 0 heterocycles. The van der Waals surface area contributed by atoms with Gasteiger partial charge in [0.15, 0.2) is 0 Å². The van der Waals surface area contributed by atoms with Crippen molar-refractivity contribution in [3.63, 3.8) is 0 Å². The first-order valence-corrected chi connectivity index (χ1v) is 10.8. The van der Waals surface area contributed by atoms with Crippen molar-refractivity contribution in [3.05, 3.63) is 29.3 Å². The molecule has 2 atom stereocenters. The van der Waals surface area contributed by atoms with Gasteiger partial charge < -0.3 is 20.6 Å². The Labute approximate surface area is 166 Å². The number of aryl methyl sites for hydroxylation is 1. The van der Waals surface area contributed by atoms with Crippen LogP contribution in [0.4, 0.5) is 0 Å². The van der Waals surface area contributed by atoms with Crippen LogP contribution in [-0.2, 0) is 13.0 Å². The van der Waals surface area contributed by atoms with Crippen molar-refractivity contribution in [1.82, 2.24) is 5.32 Å². The molecule has 156 valence electrons. The van der Waals surface area contributed by atoms with Crippen LogP contribution in [0.25, 0.3) is 0 Å². The van der Waals surface area contributed by atoms with E-state index in [1.165, 1.54) is 25.7 Å². The first-order chi connectivity index (χ1) is 13.0. The summed E-state index contributed by atoms with van der Waals surface area (Å²) in [6, 6.07) is 5.73. The molecule has 0 saturated heterocycles. The van der Waals surface area contributed by atoms with E-state index >= 15 is 0 Å². The molecule has 4 N–H and O–H groups in total. The van der Waals surface area contributed by atoms with E-state index in [2.05, 4.69) is 26.1 Å². The SMILES string of the molecule is CCCCCCCC(O)CC(CCc1ccc(O)c(CO)c1)NCC(C)C. The zero-order valence-electron chi connectivity index (χ0n) is 17.6. The van der Waals surface area contributed by atoms with E-state index in [0.29, 0.717) is 11.5 Å². The van der Waals surface area contributed by atoms with Crippen LogP contribution in [0.3, 0.4) is 0 Å². The molecule has 27 heavy (non-hydrogen) atoms. The van der Waals surface area contributed by atoms with Crippen molar-refractivity contribution in [2.45, 2.75) is 97.3 Å². The lowest BCUT2D eigenvalue weighted by Crippen LogP contribution is -2.35. The number of hydrogen-bond acceptors (Lipinski definition) is 4. The highest BCUT2D eigenvalue weighted by molar-refractivity contribution is 5.35. The lowest BCUT2D eigenvalue weighted by Gasteiger charge is -2.23. The maximum Gasteiger partial charge on any atom is 0.121 e. The maximum atomic E-state index is 10.5. The average molecular weight is 380 g/mol. The van der Waals surface area contributed by atoms with E-state index in [1.807, 2.05) is 12.1 Å². The van der Waals surface area contributed by atoms with E-state index in [9.17, 15) is 15.3 Å². The zero-order chi connectivity index (χ0) is 20.1. The highest BCUT2D eigenvalue weighted by atomic mass is 16.3. The van der Waals surface area contributed by atoms with Gasteiger partial charge in [-0.15, -0.1) is 0 Å². The quantitative estimate of drug-likeness (QED) is 0.338. The summed E-state index contributed by atoms with van der Waals surface area (Å²) < 4.78 is 0. The Morgan fingerprint density at radius 2 is 1.78 bits per heavy atom. The molecule has 1 aromatic rings. The van der Waals surface area contributed by atoms with Crippen LogP contribution < -0.4 is 5.32 Å². The van der Waals surface area contributed by atoms with Gasteiger partial charge in [-0.25, -0.2) is 0 Å². The van der Waals surface area contributed by atoms with E-state index in [1.54, 1.807) is 6.07 Å². The van der Waals surface area contributed by atoms with Gasteiger partial charge in [0.05, 0.1) is 12.7 Å². The van der Waals surface area contributed by atoms with Crippen molar-refractivity contribution >= 4 is 0 Å². The Hall–Kier alpha value is -1.10. The molecule has 0 saturated carbocycles. The van der Waals surface area contributed by atoms with Crippen molar-refractivity contribution in [3.8, 4) is 5.75 Å². The standard InChI is InChI=1S/C23H41NO3/c1-4-5-6-7-8-9-22(26)15-21(24-16-18(2)3)12-10-19-11-13-23(27)20(14-19)17-25/h11,13-14,18,21-22,24-27H,4-10,12,15-17H2,1-3H3. The Bertz CT molecular complexity index is 504. The largest absolute Gasteiger partial charge is 0.508 e. The molecule has 0 fully saturated rings. The van der Waals surface area contributed by atoms with Crippen molar-refractivity contribution in [2.24, 2.45) is 5.92 Å². The second kappa shape index (κ2) is 14.0. The number of aliphatic hydroxyl groups is 2. The van der Waals surface area contributed by atoms with Crippen LogP contribution in [0.15, 0.2) is 18.2 Å². The number of rotatable bonds is 15. The summed E-state index contributed by atoms with van der Waals surface area (Å²) in [7, 11) is 0. The summed E-state index contributed by atoms with van der Waals surface area (Å²) in [6.07, 6.45) is 9.36. The summed E-state index contributed by atoms with van der Waals surface area (Å²) in [5, 5.41) is 33.1. The fourth-order valence-corrected chi connectivity index (χ4v) is 3.40. The third-order valence-corrected chi connectivity index (χ3v) is 5.11. The van der Waals surface area contributed by atoms with Crippen LogP contribution in [0.2, 0.25) is 0 Å². The van der Waals surface area contributed by atoms with Gasteiger partial charge in [0.25, 0.3) is 0 Å². The minimum Gasteiger partial charge on any atom is -0.508 e. The first kappa shape index (κ1) is 23.9. The van der Waals surface area contributed by atoms with Crippen molar-refractivity contribution in [1.29, 1.82) is 0 Å². The molecule has 0 amide bonds. The lowest BCUT2D eigenvalue weighted by atomic mass is 9.96. The Kier molecular flexibility index (Phi) is 12.4. The van der Waals surface area contributed by atoms with E-state index in [4.69, 9.17) is 0 Å². The van der Waals surface area contributed by atoms with Gasteiger partial charge in [0.1, 0.15) is 5.75 Å². The minimum atomic E-state index is -0.246. The number of hydrogen-bond donors (Lipinski definition) is 4. The van der Waals surface area contributed by atoms with Gasteiger partial charge in [-0.1, -0.05) is 58.9 Å². The smallest absolute Gasteiger partial charge is 0.121 e. The first-order valence-electron chi connectivity index (χ1n) is 10.8. The minimum absolute atomic E-state index is 0.147. The number of unbranched alkanes of at least 4 members (excludes halogenated alkanes) is 4. The molecule has 4 nitrogen and oxygen atoms in total. The Morgan fingerprint density at radius 1 is 1.04 bits per heavy atom. The second-order valence-electron chi connectivity index (χ2n) is 8.25. The van der Waals surface area contributed by atoms with Crippen LogP contribution in [0, 0.1) is 5.92 Å². The molecular weight excluding hydrogens is 338 g/mol. The summed E-state index contributed by atoms with van der Waals surface area (Å²) in [4.78, 5) is 0. The molecule has 1 aromatic carbocycles. The summed E-state index contributed by atoms with van der Waals surface area (Å²) in [5.74, 6) is 0.725. The fourth-order valence-electron chi connectivity index (χ4n) is 3.40. The van der Waals surface area contributed by atoms with Gasteiger partial charge in [-0.3, -0.25) is 0 Å². The van der Waals surface area contributed by atoms with E-state index in [0.717, 1.165) is 44.2 Å². The number of phenols is 1. The van der Waals surface area contributed by atoms with E-state index < -0.39 is 0 Å².